The fourth-order valence-corrected chi connectivity index (χ4v) is 4.14. The van der Waals surface area contributed by atoms with Crippen molar-refractivity contribution in [3.05, 3.63) is 0 Å². The highest BCUT2D eigenvalue weighted by atomic mass is 16.5. The molecule has 2 aliphatic heterocycles. The molecule has 0 aromatic heterocycles. The van der Waals surface area contributed by atoms with E-state index in [2.05, 4.69) is 12.2 Å². The van der Waals surface area contributed by atoms with Crippen LogP contribution in [0.2, 0.25) is 0 Å². The lowest BCUT2D eigenvalue weighted by atomic mass is 9.67. The molecule has 0 radical (unpaired) electrons. The molecule has 2 saturated carbocycles. The van der Waals surface area contributed by atoms with Crippen LogP contribution in [-0.4, -0.2) is 18.9 Å². The minimum atomic E-state index is 0.0770. The Morgan fingerprint density at radius 3 is 2.43 bits per heavy atom. The topological polar surface area (TPSA) is 21.3 Å². The standard InChI is InChI=1S/C12H21NO/c1-2-14-12-6-9-3-10(7-12)5-11(4-9)8-13-12/h9-11,13H,2-8H2,1H3. The van der Waals surface area contributed by atoms with Gasteiger partial charge < -0.3 is 4.74 Å². The lowest BCUT2D eigenvalue weighted by Crippen LogP contribution is -2.50. The van der Waals surface area contributed by atoms with Crippen molar-refractivity contribution < 1.29 is 4.74 Å². The summed E-state index contributed by atoms with van der Waals surface area (Å²) in [4.78, 5) is 0. The average Bonchev–Trinajstić information content (AvgIpc) is 2.31. The molecule has 0 amide bonds. The maximum absolute atomic E-state index is 6.01. The SMILES string of the molecule is CCOC12CC3CC(CN1)CC(C3)C2. The van der Waals surface area contributed by atoms with E-state index < -0.39 is 0 Å². The largest absolute Gasteiger partial charge is 0.361 e. The van der Waals surface area contributed by atoms with E-state index in [1.165, 1.54) is 38.6 Å². The highest BCUT2D eigenvalue weighted by Crippen LogP contribution is 2.49. The molecule has 4 bridgehead atoms. The van der Waals surface area contributed by atoms with Gasteiger partial charge in [0.2, 0.25) is 0 Å². The van der Waals surface area contributed by atoms with Crippen molar-refractivity contribution in [2.75, 3.05) is 13.2 Å². The monoisotopic (exact) mass is 195 g/mol. The second kappa shape index (κ2) is 3.21. The van der Waals surface area contributed by atoms with E-state index >= 15 is 0 Å². The van der Waals surface area contributed by atoms with Crippen molar-refractivity contribution in [3.8, 4) is 0 Å². The highest BCUT2D eigenvalue weighted by molar-refractivity contribution is 4.98. The molecule has 0 aromatic carbocycles. The van der Waals surface area contributed by atoms with Gasteiger partial charge in [0.1, 0.15) is 5.72 Å². The number of ether oxygens (including phenoxy) is 1. The Labute approximate surface area is 86.4 Å². The molecule has 2 saturated heterocycles. The Kier molecular flexibility index (Phi) is 2.10. The van der Waals surface area contributed by atoms with Crippen LogP contribution in [0, 0.1) is 17.8 Å². The first-order valence-electron chi connectivity index (χ1n) is 6.18. The molecular weight excluding hydrogens is 174 g/mol. The van der Waals surface area contributed by atoms with Gasteiger partial charge in [0.05, 0.1) is 0 Å². The molecule has 2 nitrogen and oxygen atoms in total. The first-order valence-corrected chi connectivity index (χ1v) is 6.18. The van der Waals surface area contributed by atoms with Gasteiger partial charge in [-0.25, -0.2) is 0 Å². The molecule has 14 heavy (non-hydrogen) atoms. The van der Waals surface area contributed by atoms with Crippen molar-refractivity contribution in [2.45, 2.75) is 44.8 Å². The normalized spacial score (nSPS) is 50.8. The molecule has 4 rings (SSSR count). The van der Waals surface area contributed by atoms with Crippen LogP contribution in [0.25, 0.3) is 0 Å². The zero-order valence-electron chi connectivity index (χ0n) is 9.09. The molecule has 2 aliphatic carbocycles. The van der Waals surface area contributed by atoms with Gasteiger partial charge in [-0.15, -0.1) is 0 Å². The van der Waals surface area contributed by atoms with Crippen LogP contribution < -0.4 is 5.32 Å². The average molecular weight is 195 g/mol. The molecular formula is C12H21NO. The van der Waals surface area contributed by atoms with Crippen LogP contribution >= 0.6 is 0 Å². The number of hydrogen-bond acceptors (Lipinski definition) is 2. The van der Waals surface area contributed by atoms with E-state index in [4.69, 9.17) is 4.74 Å². The zero-order valence-corrected chi connectivity index (χ0v) is 9.09. The minimum Gasteiger partial charge on any atom is -0.361 e. The third kappa shape index (κ3) is 1.40. The highest BCUT2D eigenvalue weighted by Gasteiger charge is 2.47. The van der Waals surface area contributed by atoms with Crippen LogP contribution in [-0.2, 0) is 4.74 Å². The maximum Gasteiger partial charge on any atom is 0.119 e. The molecule has 1 N–H and O–H groups in total. The first kappa shape index (κ1) is 9.17. The predicted molar refractivity (Wildman–Crippen MR) is 55.9 cm³/mol. The van der Waals surface area contributed by atoms with Gasteiger partial charge in [-0.2, -0.15) is 0 Å². The summed E-state index contributed by atoms with van der Waals surface area (Å²) in [6, 6.07) is 0. The van der Waals surface area contributed by atoms with Gasteiger partial charge >= 0.3 is 0 Å². The molecule has 2 atom stereocenters. The Hall–Kier alpha value is -0.0800. The molecule has 0 spiro atoms. The van der Waals surface area contributed by atoms with E-state index in [9.17, 15) is 0 Å². The molecule has 4 fully saturated rings. The molecule has 2 heterocycles. The number of nitrogens with one attached hydrogen (secondary N) is 1. The summed E-state index contributed by atoms with van der Waals surface area (Å²) >= 11 is 0. The van der Waals surface area contributed by atoms with Crippen molar-refractivity contribution in [1.82, 2.24) is 5.32 Å². The van der Waals surface area contributed by atoms with Crippen molar-refractivity contribution in [1.29, 1.82) is 0 Å². The fraction of sp³-hybridized carbons (Fsp3) is 1.00. The Morgan fingerprint density at radius 1 is 1.14 bits per heavy atom. The Balaban J connectivity index is 1.85. The fourth-order valence-electron chi connectivity index (χ4n) is 4.14. The van der Waals surface area contributed by atoms with Crippen LogP contribution in [0.4, 0.5) is 0 Å². The summed E-state index contributed by atoms with van der Waals surface area (Å²) < 4.78 is 6.01. The van der Waals surface area contributed by atoms with Crippen LogP contribution in [0.5, 0.6) is 0 Å². The van der Waals surface area contributed by atoms with Crippen molar-refractivity contribution >= 4 is 0 Å². The summed E-state index contributed by atoms with van der Waals surface area (Å²) in [6.45, 7) is 4.18. The summed E-state index contributed by atoms with van der Waals surface area (Å²) in [6.07, 6.45) is 6.94. The smallest absolute Gasteiger partial charge is 0.119 e. The van der Waals surface area contributed by atoms with Crippen molar-refractivity contribution in [3.63, 3.8) is 0 Å². The van der Waals surface area contributed by atoms with E-state index in [0.29, 0.717) is 0 Å². The van der Waals surface area contributed by atoms with Crippen LogP contribution in [0.15, 0.2) is 0 Å². The maximum atomic E-state index is 6.01. The number of rotatable bonds is 2. The molecule has 0 aromatic rings. The minimum absolute atomic E-state index is 0.0770. The zero-order chi connectivity index (χ0) is 9.60. The van der Waals surface area contributed by atoms with E-state index in [1.54, 1.807) is 0 Å². The second-order valence-corrected chi connectivity index (χ2v) is 5.52. The molecule has 80 valence electrons. The summed E-state index contributed by atoms with van der Waals surface area (Å²) in [7, 11) is 0. The molecule has 2 heteroatoms. The Morgan fingerprint density at radius 2 is 1.79 bits per heavy atom. The van der Waals surface area contributed by atoms with Gasteiger partial charge in [-0.05, 0) is 56.8 Å². The summed E-state index contributed by atoms with van der Waals surface area (Å²) in [5, 5.41) is 3.70. The Bertz CT molecular complexity index is 214. The van der Waals surface area contributed by atoms with Gasteiger partial charge in [0.25, 0.3) is 0 Å². The van der Waals surface area contributed by atoms with E-state index in [1.807, 2.05) is 0 Å². The summed E-state index contributed by atoms with van der Waals surface area (Å²) in [5.41, 5.74) is 0.0770. The lowest BCUT2D eigenvalue weighted by Gasteiger charge is -2.44. The van der Waals surface area contributed by atoms with E-state index in [-0.39, 0.29) is 5.72 Å². The quantitative estimate of drug-likeness (QED) is 0.729. The molecule has 4 aliphatic rings. The van der Waals surface area contributed by atoms with Crippen molar-refractivity contribution in [2.24, 2.45) is 17.8 Å². The lowest BCUT2D eigenvalue weighted by molar-refractivity contribution is -0.110. The third-order valence-corrected chi connectivity index (χ3v) is 4.37. The van der Waals surface area contributed by atoms with Gasteiger partial charge in [0, 0.05) is 13.2 Å². The van der Waals surface area contributed by atoms with Crippen LogP contribution in [0.3, 0.4) is 0 Å². The predicted octanol–water partition coefficient (Wildman–Crippen LogP) is 2.15. The van der Waals surface area contributed by atoms with Gasteiger partial charge in [-0.1, -0.05) is 0 Å². The van der Waals surface area contributed by atoms with E-state index in [0.717, 1.165) is 24.4 Å². The first-order chi connectivity index (χ1) is 6.80. The molecule has 2 unspecified atom stereocenters. The summed E-state index contributed by atoms with van der Waals surface area (Å²) in [5.74, 6) is 2.85. The second-order valence-electron chi connectivity index (χ2n) is 5.52. The number of fused-ring (bicyclic) bond motifs is 1. The number of hydrogen-bond donors (Lipinski definition) is 1. The van der Waals surface area contributed by atoms with Gasteiger partial charge in [-0.3, -0.25) is 5.32 Å². The van der Waals surface area contributed by atoms with Gasteiger partial charge in [0.15, 0.2) is 0 Å². The van der Waals surface area contributed by atoms with Crippen LogP contribution in [0.1, 0.15) is 39.0 Å². The third-order valence-electron chi connectivity index (χ3n) is 4.37.